The van der Waals surface area contributed by atoms with Crippen LogP contribution in [0.3, 0.4) is 0 Å². The number of aromatic nitrogens is 3. The Bertz CT molecular complexity index is 545. The highest BCUT2D eigenvalue weighted by Crippen LogP contribution is 2.37. The van der Waals surface area contributed by atoms with Crippen molar-refractivity contribution in [3.05, 3.63) is 40.9 Å². The zero-order valence-corrected chi connectivity index (χ0v) is 10.3. The number of hydrogen-bond donors (Lipinski definition) is 1. The number of benzene rings is 1. The van der Waals surface area contributed by atoms with Crippen LogP contribution in [0.5, 0.6) is 0 Å². The van der Waals surface area contributed by atoms with Gasteiger partial charge in [0.05, 0.1) is 11.3 Å². The molecule has 1 aromatic carbocycles. The number of rotatable bonds is 2. The molecule has 0 aliphatic rings. The molecule has 2 aromatic rings. The van der Waals surface area contributed by atoms with Gasteiger partial charge in [-0.05, 0) is 18.2 Å². The minimum Gasteiger partial charge on any atom is -0.323 e. The molecule has 0 bridgehead atoms. The van der Waals surface area contributed by atoms with Crippen LogP contribution in [0.1, 0.15) is 5.56 Å². The third kappa shape index (κ3) is 2.95. The van der Waals surface area contributed by atoms with Crippen molar-refractivity contribution < 1.29 is 13.2 Å². The van der Waals surface area contributed by atoms with E-state index in [1.165, 1.54) is 24.8 Å². The predicted molar refractivity (Wildman–Crippen MR) is 62.3 cm³/mol. The molecular weight excluding hydrogens is 313 g/mol. The average Bonchev–Trinajstić information content (AvgIpc) is 2.31. The zero-order valence-electron chi connectivity index (χ0n) is 8.74. The van der Waals surface area contributed by atoms with Crippen LogP contribution in [0.15, 0.2) is 35.3 Å². The fraction of sp³-hybridized carbons (Fsp3) is 0.100. The molecular formula is C10H6BrF3N4. The van der Waals surface area contributed by atoms with E-state index in [0.717, 1.165) is 6.07 Å². The van der Waals surface area contributed by atoms with Crippen molar-refractivity contribution >= 4 is 27.6 Å². The number of alkyl halides is 3. The lowest BCUT2D eigenvalue weighted by atomic mass is 10.1. The van der Waals surface area contributed by atoms with Crippen molar-refractivity contribution in [2.45, 2.75) is 6.18 Å². The maximum Gasteiger partial charge on any atom is 0.418 e. The Morgan fingerprint density at radius 3 is 2.39 bits per heavy atom. The van der Waals surface area contributed by atoms with E-state index in [0.29, 0.717) is 4.47 Å². The van der Waals surface area contributed by atoms with Gasteiger partial charge in [0.15, 0.2) is 0 Å². The van der Waals surface area contributed by atoms with Gasteiger partial charge in [0.2, 0.25) is 5.95 Å². The maximum absolute atomic E-state index is 12.8. The Hall–Kier alpha value is -1.70. The summed E-state index contributed by atoms with van der Waals surface area (Å²) >= 11 is 3.01. The minimum atomic E-state index is -4.46. The highest BCUT2D eigenvalue weighted by molar-refractivity contribution is 9.10. The molecule has 1 heterocycles. The molecule has 8 heteroatoms. The molecule has 0 aliphatic heterocycles. The van der Waals surface area contributed by atoms with Gasteiger partial charge in [0, 0.05) is 4.47 Å². The van der Waals surface area contributed by atoms with Gasteiger partial charge < -0.3 is 5.32 Å². The lowest BCUT2D eigenvalue weighted by molar-refractivity contribution is -0.137. The number of hydrogen-bond acceptors (Lipinski definition) is 4. The van der Waals surface area contributed by atoms with Gasteiger partial charge in [-0.1, -0.05) is 15.9 Å². The minimum absolute atomic E-state index is 0.0535. The first-order valence-electron chi connectivity index (χ1n) is 4.72. The van der Waals surface area contributed by atoms with Crippen molar-refractivity contribution in [2.24, 2.45) is 0 Å². The van der Waals surface area contributed by atoms with Crippen molar-refractivity contribution in [1.29, 1.82) is 0 Å². The number of halogens is 4. The van der Waals surface area contributed by atoms with E-state index in [1.54, 1.807) is 0 Å². The Morgan fingerprint density at radius 2 is 1.78 bits per heavy atom. The fourth-order valence-corrected chi connectivity index (χ4v) is 1.65. The van der Waals surface area contributed by atoms with E-state index in [-0.39, 0.29) is 11.6 Å². The van der Waals surface area contributed by atoms with Gasteiger partial charge >= 0.3 is 6.18 Å². The predicted octanol–water partition coefficient (Wildman–Crippen LogP) is 3.40. The second-order valence-electron chi connectivity index (χ2n) is 3.27. The van der Waals surface area contributed by atoms with Crippen LogP contribution in [0, 0.1) is 0 Å². The molecule has 0 atom stereocenters. The average molecular weight is 319 g/mol. The molecule has 1 aromatic heterocycles. The van der Waals surface area contributed by atoms with Gasteiger partial charge in [-0.2, -0.15) is 13.2 Å². The molecule has 0 unspecified atom stereocenters. The van der Waals surface area contributed by atoms with Crippen molar-refractivity contribution in [3.8, 4) is 0 Å². The number of nitrogens with one attached hydrogen (secondary N) is 1. The topological polar surface area (TPSA) is 50.7 Å². The van der Waals surface area contributed by atoms with E-state index >= 15 is 0 Å². The van der Waals surface area contributed by atoms with E-state index in [4.69, 9.17) is 0 Å². The molecule has 2 rings (SSSR count). The standard InChI is InChI=1S/C10H6BrF3N4/c11-6-1-2-8(7(3-6)10(12,13)14)18-9-16-4-15-5-17-9/h1-5H,(H,15,16,17,18). The largest absolute Gasteiger partial charge is 0.418 e. The first kappa shape index (κ1) is 12.7. The van der Waals surface area contributed by atoms with Crippen LogP contribution in [-0.2, 0) is 6.18 Å². The smallest absolute Gasteiger partial charge is 0.323 e. The quantitative estimate of drug-likeness (QED) is 0.922. The Kier molecular flexibility index (Phi) is 3.46. The van der Waals surface area contributed by atoms with E-state index in [2.05, 4.69) is 36.2 Å². The summed E-state index contributed by atoms with van der Waals surface area (Å²) in [4.78, 5) is 11.0. The van der Waals surface area contributed by atoms with E-state index in [9.17, 15) is 13.2 Å². The molecule has 18 heavy (non-hydrogen) atoms. The lowest BCUT2D eigenvalue weighted by Gasteiger charge is -2.13. The Labute approximate surface area is 108 Å². The summed E-state index contributed by atoms with van der Waals surface area (Å²) in [5.74, 6) is 0.0535. The van der Waals surface area contributed by atoms with Gasteiger partial charge in [0.25, 0.3) is 0 Å². The molecule has 4 nitrogen and oxygen atoms in total. The third-order valence-electron chi connectivity index (χ3n) is 2.03. The normalized spacial score (nSPS) is 11.3. The van der Waals surface area contributed by atoms with Crippen molar-refractivity contribution in [3.63, 3.8) is 0 Å². The summed E-state index contributed by atoms with van der Waals surface area (Å²) in [6.45, 7) is 0. The number of anilines is 2. The highest BCUT2D eigenvalue weighted by Gasteiger charge is 2.33. The van der Waals surface area contributed by atoms with Crippen LogP contribution < -0.4 is 5.32 Å². The molecule has 0 saturated carbocycles. The van der Waals surface area contributed by atoms with Crippen LogP contribution in [0.2, 0.25) is 0 Å². The third-order valence-corrected chi connectivity index (χ3v) is 2.52. The van der Waals surface area contributed by atoms with Gasteiger partial charge in [-0.15, -0.1) is 0 Å². The molecule has 0 aliphatic carbocycles. The van der Waals surface area contributed by atoms with Crippen molar-refractivity contribution in [2.75, 3.05) is 5.32 Å². The molecule has 0 spiro atoms. The molecule has 94 valence electrons. The van der Waals surface area contributed by atoms with Crippen LogP contribution in [0.4, 0.5) is 24.8 Å². The Balaban J connectivity index is 2.39. The summed E-state index contributed by atoms with van der Waals surface area (Å²) < 4.78 is 38.8. The van der Waals surface area contributed by atoms with Gasteiger partial charge in [-0.25, -0.2) is 15.0 Å². The monoisotopic (exact) mass is 318 g/mol. The summed E-state index contributed by atoms with van der Waals surface area (Å²) in [5.41, 5.74) is -0.908. The molecule has 0 saturated heterocycles. The van der Waals surface area contributed by atoms with Crippen molar-refractivity contribution in [1.82, 2.24) is 15.0 Å². The summed E-state index contributed by atoms with van der Waals surface area (Å²) in [7, 11) is 0. The maximum atomic E-state index is 12.8. The van der Waals surface area contributed by atoms with Crippen LogP contribution in [0.25, 0.3) is 0 Å². The first-order chi connectivity index (χ1) is 8.47. The molecule has 1 N–H and O–H groups in total. The fourth-order valence-electron chi connectivity index (χ4n) is 1.28. The van der Waals surface area contributed by atoms with Gasteiger partial charge in [0.1, 0.15) is 12.7 Å². The molecule has 0 amide bonds. The highest BCUT2D eigenvalue weighted by atomic mass is 79.9. The second kappa shape index (κ2) is 4.89. The molecule has 0 fully saturated rings. The summed E-state index contributed by atoms with van der Waals surface area (Å²) in [6.07, 6.45) is -2.07. The van der Waals surface area contributed by atoms with E-state index < -0.39 is 11.7 Å². The SMILES string of the molecule is FC(F)(F)c1cc(Br)ccc1Nc1ncncn1. The first-order valence-corrected chi connectivity index (χ1v) is 5.52. The zero-order chi connectivity index (χ0) is 13.2. The Morgan fingerprint density at radius 1 is 1.11 bits per heavy atom. The molecule has 0 radical (unpaired) electrons. The summed E-state index contributed by atoms with van der Waals surface area (Å²) in [5, 5.41) is 2.50. The second-order valence-corrected chi connectivity index (χ2v) is 4.19. The van der Waals surface area contributed by atoms with Crippen LogP contribution >= 0.6 is 15.9 Å². The van der Waals surface area contributed by atoms with E-state index in [1.807, 2.05) is 0 Å². The van der Waals surface area contributed by atoms with Gasteiger partial charge in [-0.3, -0.25) is 0 Å². The lowest BCUT2D eigenvalue weighted by Crippen LogP contribution is -2.09. The number of nitrogens with zero attached hydrogens (tertiary/aromatic N) is 3. The van der Waals surface area contributed by atoms with Crippen LogP contribution in [-0.4, -0.2) is 15.0 Å². The summed E-state index contributed by atoms with van der Waals surface area (Å²) in [6, 6.07) is 3.79.